The van der Waals surface area contributed by atoms with Crippen LogP contribution in [0.3, 0.4) is 0 Å². The summed E-state index contributed by atoms with van der Waals surface area (Å²) >= 11 is 0. The Morgan fingerprint density at radius 1 is 1.33 bits per heavy atom. The van der Waals surface area contributed by atoms with Crippen LogP contribution in [0, 0.1) is 18.3 Å². The summed E-state index contributed by atoms with van der Waals surface area (Å²) < 4.78 is 5.31. The van der Waals surface area contributed by atoms with E-state index in [9.17, 15) is 10.4 Å². The highest BCUT2D eigenvalue weighted by Crippen LogP contribution is 2.41. The van der Waals surface area contributed by atoms with Crippen molar-refractivity contribution < 1.29 is 9.84 Å². The van der Waals surface area contributed by atoms with Crippen molar-refractivity contribution in [2.45, 2.75) is 19.3 Å². The minimum absolute atomic E-state index is 0.0158. The van der Waals surface area contributed by atoms with E-state index in [4.69, 9.17) is 4.74 Å². The van der Waals surface area contributed by atoms with Gasteiger partial charge in [-0.1, -0.05) is 6.92 Å². The Kier molecular flexibility index (Phi) is 4.98. The van der Waals surface area contributed by atoms with Crippen molar-refractivity contribution in [1.29, 1.82) is 5.26 Å². The fourth-order valence-corrected chi connectivity index (χ4v) is 3.57. The quantitative estimate of drug-likeness (QED) is 0.596. The molecule has 2 aromatic heterocycles. The van der Waals surface area contributed by atoms with Crippen molar-refractivity contribution in [1.82, 2.24) is 15.0 Å². The van der Waals surface area contributed by atoms with E-state index < -0.39 is 5.41 Å². The maximum Gasteiger partial charge on any atom is 0.237 e. The first-order chi connectivity index (χ1) is 14.5. The van der Waals surface area contributed by atoms with Crippen LogP contribution in [0.4, 0.5) is 17.3 Å². The highest BCUT2D eigenvalue weighted by atomic mass is 16.5. The summed E-state index contributed by atoms with van der Waals surface area (Å²) in [7, 11) is 1.56. The first-order valence-corrected chi connectivity index (χ1v) is 9.52. The van der Waals surface area contributed by atoms with Gasteiger partial charge in [-0.2, -0.15) is 5.26 Å². The number of pyridine rings is 1. The number of nitrogens with zero attached hydrogens (tertiary/aromatic N) is 4. The zero-order chi connectivity index (χ0) is 21.3. The van der Waals surface area contributed by atoms with Gasteiger partial charge in [-0.15, -0.1) is 0 Å². The molecular weight excluding hydrogens is 380 g/mol. The first kappa shape index (κ1) is 19.6. The number of aliphatic hydroxyl groups excluding tert-OH is 1. The Labute approximate surface area is 174 Å². The van der Waals surface area contributed by atoms with Crippen molar-refractivity contribution in [2.24, 2.45) is 0 Å². The molecule has 3 N–H and O–H groups in total. The van der Waals surface area contributed by atoms with E-state index in [-0.39, 0.29) is 6.61 Å². The van der Waals surface area contributed by atoms with Crippen LogP contribution < -0.4 is 15.4 Å². The van der Waals surface area contributed by atoms with Crippen LogP contribution in [-0.4, -0.2) is 40.3 Å². The number of methoxy groups -OCH3 is 1. The van der Waals surface area contributed by atoms with Crippen LogP contribution in [0.1, 0.15) is 23.6 Å². The Morgan fingerprint density at radius 2 is 2.17 bits per heavy atom. The Bertz CT molecular complexity index is 1160. The van der Waals surface area contributed by atoms with E-state index in [1.807, 2.05) is 26.0 Å². The van der Waals surface area contributed by atoms with Crippen molar-refractivity contribution >= 4 is 17.3 Å². The lowest BCUT2D eigenvalue weighted by molar-refractivity contribution is 0.219. The number of aromatic nitrogens is 3. The Hall–Kier alpha value is -3.70. The predicted molar refractivity (Wildman–Crippen MR) is 114 cm³/mol. The molecule has 3 aromatic rings. The molecule has 1 unspecified atom stereocenters. The van der Waals surface area contributed by atoms with E-state index in [0.29, 0.717) is 35.3 Å². The highest BCUT2D eigenvalue weighted by Gasteiger charge is 2.35. The summed E-state index contributed by atoms with van der Waals surface area (Å²) in [6, 6.07) is 9.72. The summed E-state index contributed by atoms with van der Waals surface area (Å²) in [6.07, 6.45) is 3.38. The van der Waals surface area contributed by atoms with Gasteiger partial charge in [-0.05, 0) is 42.3 Å². The lowest BCUT2D eigenvalue weighted by atomic mass is 9.83. The summed E-state index contributed by atoms with van der Waals surface area (Å²) in [5, 5.41) is 25.9. The Balaban J connectivity index is 1.75. The fourth-order valence-electron chi connectivity index (χ4n) is 3.57. The molecule has 0 saturated carbocycles. The topological polar surface area (TPSA) is 116 Å². The second-order valence-corrected chi connectivity index (χ2v) is 7.59. The van der Waals surface area contributed by atoms with Crippen LogP contribution in [-0.2, 0) is 5.41 Å². The largest absolute Gasteiger partial charge is 0.480 e. The third-order valence-corrected chi connectivity index (χ3v) is 5.29. The number of hydrogen-bond acceptors (Lipinski definition) is 8. The molecule has 1 atom stereocenters. The monoisotopic (exact) mass is 402 g/mol. The van der Waals surface area contributed by atoms with E-state index in [2.05, 4.69) is 31.7 Å². The van der Waals surface area contributed by atoms with Gasteiger partial charge >= 0.3 is 0 Å². The van der Waals surface area contributed by atoms with Gasteiger partial charge in [0, 0.05) is 29.9 Å². The van der Waals surface area contributed by atoms with Gasteiger partial charge < -0.3 is 20.5 Å². The van der Waals surface area contributed by atoms with Crippen LogP contribution >= 0.6 is 0 Å². The average Bonchev–Trinajstić information content (AvgIpc) is 3.11. The van der Waals surface area contributed by atoms with Crippen LogP contribution in [0.5, 0.6) is 5.88 Å². The average molecular weight is 402 g/mol. The van der Waals surface area contributed by atoms with Gasteiger partial charge in [-0.25, -0.2) is 15.0 Å². The number of aryl methyl sites for hydroxylation is 1. The van der Waals surface area contributed by atoms with Gasteiger partial charge in [0.2, 0.25) is 11.8 Å². The second kappa shape index (κ2) is 7.61. The molecule has 1 aromatic carbocycles. The highest BCUT2D eigenvalue weighted by molar-refractivity contribution is 5.76. The third-order valence-electron chi connectivity index (χ3n) is 5.29. The van der Waals surface area contributed by atoms with Gasteiger partial charge in [0.15, 0.2) is 0 Å². The fraction of sp³-hybridized carbons (Fsp3) is 0.273. The number of benzene rings is 1. The molecule has 0 saturated heterocycles. The molecule has 8 nitrogen and oxygen atoms in total. The lowest BCUT2D eigenvalue weighted by Gasteiger charge is -2.21. The molecule has 0 fully saturated rings. The van der Waals surface area contributed by atoms with E-state index in [1.165, 1.54) is 0 Å². The summed E-state index contributed by atoms with van der Waals surface area (Å²) in [6.45, 7) is 4.47. The standard InChI is InChI=1S/C22H22N6O2/c1-13-6-18(20(30-3)25-10-13)28-21-24-5-4-17(27-21)14-7-15(9-23)19-16(8-14)22(2,12-29)11-26-19/h4-8,10,26,29H,11-12H2,1-3H3,(H,24,27,28). The SMILES string of the molecule is COc1ncc(C)cc1Nc1nccc(-c2cc(C#N)c3c(c2)C(C)(CO)CN3)n1. The number of aliphatic hydroxyl groups is 1. The van der Waals surface area contributed by atoms with Gasteiger partial charge in [0.25, 0.3) is 0 Å². The molecule has 1 aliphatic rings. The maximum absolute atomic E-state index is 9.90. The van der Waals surface area contributed by atoms with Crippen molar-refractivity contribution in [3.05, 3.63) is 53.3 Å². The predicted octanol–water partition coefficient (Wildman–Crippen LogP) is 3.15. The molecular formula is C22H22N6O2. The van der Waals surface area contributed by atoms with Crippen LogP contribution in [0.25, 0.3) is 11.3 Å². The van der Waals surface area contributed by atoms with E-state index in [1.54, 1.807) is 31.6 Å². The molecule has 0 spiro atoms. The zero-order valence-electron chi connectivity index (χ0n) is 17.0. The minimum Gasteiger partial charge on any atom is -0.480 e. The molecule has 0 radical (unpaired) electrons. The molecule has 3 heterocycles. The summed E-state index contributed by atoms with van der Waals surface area (Å²) in [5.41, 5.74) is 4.86. The minimum atomic E-state index is -0.453. The van der Waals surface area contributed by atoms with Crippen molar-refractivity contribution in [2.75, 3.05) is 30.9 Å². The van der Waals surface area contributed by atoms with Crippen LogP contribution in [0.2, 0.25) is 0 Å². The summed E-state index contributed by atoms with van der Waals surface area (Å²) in [4.78, 5) is 13.2. The number of hydrogen-bond donors (Lipinski definition) is 3. The number of fused-ring (bicyclic) bond motifs is 1. The van der Waals surface area contributed by atoms with Gasteiger partial charge in [0.1, 0.15) is 11.8 Å². The van der Waals surface area contributed by atoms with Crippen molar-refractivity contribution in [3.63, 3.8) is 0 Å². The summed E-state index contributed by atoms with van der Waals surface area (Å²) in [5.74, 6) is 0.837. The molecule has 8 heteroatoms. The third kappa shape index (κ3) is 3.40. The molecule has 0 aliphatic carbocycles. The lowest BCUT2D eigenvalue weighted by Crippen LogP contribution is -2.28. The molecule has 4 rings (SSSR count). The number of rotatable bonds is 5. The Morgan fingerprint density at radius 3 is 2.90 bits per heavy atom. The molecule has 0 bridgehead atoms. The molecule has 1 aliphatic heterocycles. The van der Waals surface area contributed by atoms with Gasteiger partial charge in [0.05, 0.1) is 30.7 Å². The number of ether oxygens (including phenoxy) is 1. The number of nitrogens with one attached hydrogen (secondary N) is 2. The number of nitriles is 1. The smallest absolute Gasteiger partial charge is 0.237 e. The van der Waals surface area contributed by atoms with E-state index >= 15 is 0 Å². The van der Waals surface area contributed by atoms with E-state index in [0.717, 1.165) is 22.4 Å². The first-order valence-electron chi connectivity index (χ1n) is 9.52. The van der Waals surface area contributed by atoms with Crippen molar-refractivity contribution in [3.8, 4) is 23.2 Å². The molecule has 30 heavy (non-hydrogen) atoms. The van der Waals surface area contributed by atoms with Gasteiger partial charge in [-0.3, -0.25) is 0 Å². The zero-order valence-corrected chi connectivity index (χ0v) is 17.0. The number of anilines is 3. The molecule has 152 valence electrons. The molecule has 0 amide bonds. The van der Waals surface area contributed by atoms with Crippen LogP contribution in [0.15, 0.2) is 36.7 Å². The normalized spacial score (nSPS) is 17.0. The second-order valence-electron chi connectivity index (χ2n) is 7.59. The maximum atomic E-state index is 9.90.